The predicted molar refractivity (Wildman–Crippen MR) is 105 cm³/mol. The maximum atomic E-state index is 12.5. The summed E-state index contributed by atoms with van der Waals surface area (Å²) in [5, 5.41) is 25.7. The molecular weight excluding hydrogens is 374 g/mol. The molecule has 1 aliphatic carbocycles. The maximum Gasteiger partial charge on any atom is 0.236 e. The van der Waals surface area contributed by atoms with Gasteiger partial charge in [-0.25, -0.2) is 4.68 Å². The van der Waals surface area contributed by atoms with Gasteiger partial charge in [0.15, 0.2) is 11.0 Å². The van der Waals surface area contributed by atoms with E-state index in [0.29, 0.717) is 17.3 Å². The summed E-state index contributed by atoms with van der Waals surface area (Å²) in [6.45, 7) is 2.83. The van der Waals surface area contributed by atoms with Crippen LogP contribution in [-0.4, -0.2) is 36.2 Å². The number of nitrogens with one attached hydrogen (secondary N) is 1. The summed E-state index contributed by atoms with van der Waals surface area (Å²) in [7, 11) is 0. The van der Waals surface area contributed by atoms with Gasteiger partial charge >= 0.3 is 0 Å². The first-order valence-corrected chi connectivity index (χ1v) is 10.1. The Bertz CT molecular complexity index is 1030. The second kappa shape index (κ2) is 7.86. The van der Waals surface area contributed by atoms with Crippen LogP contribution in [-0.2, 0) is 11.3 Å². The van der Waals surface area contributed by atoms with Crippen molar-refractivity contribution in [1.29, 1.82) is 5.26 Å². The fourth-order valence-electron chi connectivity index (χ4n) is 2.96. The topological polar surface area (TPSA) is 101 Å². The fourth-order valence-corrected chi connectivity index (χ4v) is 3.77. The molecule has 1 aliphatic rings. The van der Waals surface area contributed by atoms with Gasteiger partial charge in [0.25, 0.3) is 0 Å². The zero-order valence-electron chi connectivity index (χ0n) is 15.4. The first-order valence-electron chi connectivity index (χ1n) is 9.10. The summed E-state index contributed by atoms with van der Waals surface area (Å²) >= 11 is 1.35. The molecule has 0 aliphatic heterocycles. The van der Waals surface area contributed by atoms with E-state index in [1.165, 1.54) is 18.0 Å². The van der Waals surface area contributed by atoms with Crippen molar-refractivity contribution in [2.45, 2.75) is 37.4 Å². The van der Waals surface area contributed by atoms with Gasteiger partial charge in [-0.1, -0.05) is 30.0 Å². The Labute approximate surface area is 166 Å². The number of hydrogen-bond acceptors (Lipinski definition) is 6. The molecule has 0 spiro atoms. The number of rotatable bonds is 7. The number of carbonyl (C=O) groups is 1. The number of benzene rings is 1. The fraction of sp³-hybridized carbons (Fsp3) is 0.316. The summed E-state index contributed by atoms with van der Waals surface area (Å²) in [4.78, 5) is 12.5. The third kappa shape index (κ3) is 3.64. The van der Waals surface area contributed by atoms with Crippen molar-refractivity contribution in [3.05, 3.63) is 47.9 Å². The Morgan fingerprint density at radius 1 is 1.32 bits per heavy atom. The summed E-state index contributed by atoms with van der Waals surface area (Å²) < 4.78 is 3.63. The highest BCUT2D eigenvalue weighted by Crippen LogP contribution is 2.40. The average molecular weight is 393 g/mol. The molecule has 2 heterocycles. The lowest BCUT2D eigenvalue weighted by Gasteiger charge is -2.10. The second-order valence-electron chi connectivity index (χ2n) is 6.46. The van der Waals surface area contributed by atoms with Crippen LogP contribution in [0.25, 0.3) is 5.69 Å². The highest BCUT2D eigenvalue weighted by molar-refractivity contribution is 7.99. The molecule has 0 unspecified atom stereocenters. The van der Waals surface area contributed by atoms with Crippen molar-refractivity contribution < 1.29 is 4.79 Å². The van der Waals surface area contributed by atoms with E-state index >= 15 is 0 Å². The van der Waals surface area contributed by atoms with Crippen molar-refractivity contribution in [1.82, 2.24) is 24.5 Å². The number of para-hydroxylation sites is 1. The standard InChI is InChI=1S/C19H19N7OS/c1-2-25-18(13-8-9-13)23-24-19(25)28-12-16(27)22-17-14(10-20)11-21-26(17)15-6-4-3-5-7-15/h3-7,11,13H,2,8-9,12H2,1H3,(H,22,27). The molecule has 1 N–H and O–H groups in total. The van der Waals surface area contributed by atoms with Crippen molar-refractivity contribution in [2.24, 2.45) is 0 Å². The first kappa shape index (κ1) is 18.3. The molecule has 1 fully saturated rings. The molecule has 0 bridgehead atoms. The van der Waals surface area contributed by atoms with E-state index in [9.17, 15) is 10.1 Å². The summed E-state index contributed by atoms with van der Waals surface area (Å²) in [6.07, 6.45) is 3.76. The van der Waals surface area contributed by atoms with Crippen LogP contribution in [0.4, 0.5) is 5.82 Å². The zero-order valence-corrected chi connectivity index (χ0v) is 16.2. The van der Waals surface area contributed by atoms with Crippen molar-refractivity contribution >= 4 is 23.5 Å². The number of nitrogens with zero attached hydrogens (tertiary/aromatic N) is 6. The highest BCUT2D eigenvalue weighted by atomic mass is 32.2. The van der Waals surface area contributed by atoms with Crippen LogP contribution in [0.2, 0.25) is 0 Å². The second-order valence-corrected chi connectivity index (χ2v) is 7.40. The smallest absolute Gasteiger partial charge is 0.236 e. The number of thioether (sulfide) groups is 1. The zero-order chi connectivity index (χ0) is 19.5. The van der Waals surface area contributed by atoms with Crippen LogP contribution < -0.4 is 5.32 Å². The van der Waals surface area contributed by atoms with Crippen LogP contribution >= 0.6 is 11.8 Å². The normalized spacial score (nSPS) is 13.3. The number of nitriles is 1. The van der Waals surface area contributed by atoms with Crippen molar-refractivity contribution in [2.75, 3.05) is 11.1 Å². The number of carbonyl (C=O) groups excluding carboxylic acids is 1. The van der Waals surface area contributed by atoms with Gasteiger partial charge in [-0.05, 0) is 31.9 Å². The van der Waals surface area contributed by atoms with E-state index in [0.717, 1.165) is 36.1 Å². The Kier molecular flexibility index (Phi) is 5.12. The van der Waals surface area contributed by atoms with E-state index in [4.69, 9.17) is 0 Å². The summed E-state index contributed by atoms with van der Waals surface area (Å²) in [5.41, 5.74) is 1.08. The molecular formula is C19H19N7OS. The van der Waals surface area contributed by atoms with Crippen LogP contribution in [0.1, 0.15) is 37.1 Å². The maximum absolute atomic E-state index is 12.5. The van der Waals surface area contributed by atoms with Gasteiger partial charge in [0, 0.05) is 12.5 Å². The van der Waals surface area contributed by atoms with E-state index in [2.05, 4.69) is 38.2 Å². The summed E-state index contributed by atoms with van der Waals surface area (Å²) in [6, 6.07) is 11.4. The molecule has 3 aromatic rings. The van der Waals surface area contributed by atoms with E-state index in [1.807, 2.05) is 30.3 Å². The molecule has 0 radical (unpaired) electrons. The third-order valence-corrected chi connectivity index (χ3v) is 5.45. The van der Waals surface area contributed by atoms with Gasteiger partial charge in [-0.2, -0.15) is 10.4 Å². The molecule has 9 heteroatoms. The monoisotopic (exact) mass is 393 g/mol. The molecule has 0 atom stereocenters. The van der Waals surface area contributed by atoms with Gasteiger partial charge in [-0.15, -0.1) is 10.2 Å². The van der Waals surface area contributed by atoms with Gasteiger partial charge in [0.1, 0.15) is 17.5 Å². The highest BCUT2D eigenvalue weighted by Gasteiger charge is 2.30. The average Bonchev–Trinajstić information content (AvgIpc) is 3.36. The number of hydrogen-bond donors (Lipinski definition) is 1. The molecule has 142 valence electrons. The van der Waals surface area contributed by atoms with Crippen LogP contribution in [0.15, 0.2) is 41.7 Å². The number of anilines is 1. The molecule has 0 saturated heterocycles. The van der Waals surface area contributed by atoms with E-state index < -0.39 is 0 Å². The van der Waals surface area contributed by atoms with Crippen LogP contribution in [0.5, 0.6) is 0 Å². The quantitative estimate of drug-likeness (QED) is 0.619. The molecule has 2 aromatic heterocycles. The predicted octanol–water partition coefficient (Wildman–Crippen LogP) is 2.96. The van der Waals surface area contributed by atoms with Gasteiger partial charge < -0.3 is 9.88 Å². The Morgan fingerprint density at radius 3 is 2.79 bits per heavy atom. The van der Waals surface area contributed by atoms with Gasteiger partial charge in [0.05, 0.1) is 17.6 Å². The lowest BCUT2D eigenvalue weighted by atomic mass is 10.3. The summed E-state index contributed by atoms with van der Waals surface area (Å²) in [5.74, 6) is 1.84. The lowest BCUT2D eigenvalue weighted by Crippen LogP contribution is -2.18. The Morgan fingerprint density at radius 2 is 2.11 bits per heavy atom. The Hall–Kier alpha value is -3.12. The van der Waals surface area contributed by atoms with Gasteiger partial charge in [0.2, 0.25) is 5.91 Å². The minimum absolute atomic E-state index is 0.174. The largest absolute Gasteiger partial charge is 0.309 e. The van der Waals surface area contributed by atoms with Crippen molar-refractivity contribution in [3.63, 3.8) is 0 Å². The minimum atomic E-state index is -0.224. The number of aromatic nitrogens is 5. The van der Waals surface area contributed by atoms with Crippen LogP contribution in [0, 0.1) is 11.3 Å². The lowest BCUT2D eigenvalue weighted by molar-refractivity contribution is -0.113. The molecule has 1 amide bonds. The Balaban J connectivity index is 1.48. The minimum Gasteiger partial charge on any atom is -0.309 e. The molecule has 8 nitrogen and oxygen atoms in total. The molecule has 1 saturated carbocycles. The third-order valence-electron chi connectivity index (χ3n) is 4.48. The SMILES string of the molecule is CCn1c(SCC(=O)Nc2c(C#N)cnn2-c2ccccc2)nnc1C1CC1. The molecule has 4 rings (SSSR count). The van der Waals surface area contributed by atoms with E-state index in [1.54, 1.807) is 4.68 Å². The van der Waals surface area contributed by atoms with Gasteiger partial charge in [-0.3, -0.25) is 4.79 Å². The number of amides is 1. The molecule has 28 heavy (non-hydrogen) atoms. The van der Waals surface area contributed by atoms with Crippen molar-refractivity contribution in [3.8, 4) is 11.8 Å². The van der Waals surface area contributed by atoms with Crippen LogP contribution in [0.3, 0.4) is 0 Å². The molecule has 1 aromatic carbocycles. The van der Waals surface area contributed by atoms with E-state index in [-0.39, 0.29) is 11.7 Å². The first-order chi connectivity index (χ1) is 13.7.